The van der Waals surface area contributed by atoms with Crippen molar-refractivity contribution in [3.63, 3.8) is 0 Å². The molecule has 0 amide bonds. The molecule has 0 aliphatic heterocycles. The predicted octanol–water partition coefficient (Wildman–Crippen LogP) is 2.46. The maximum Gasteiger partial charge on any atom is 0.349 e. The molecule has 0 atom stereocenters. The van der Waals surface area contributed by atoms with Crippen molar-refractivity contribution in [3.05, 3.63) is 46.4 Å². The molecule has 0 aliphatic rings. The van der Waals surface area contributed by atoms with E-state index >= 15 is 0 Å². The minimum atomic E-state index is -0.948. The summed E-state index contributed by atoms with van der Waals surface area (Å²) >= 11 is 1.17. The molecule has 0 saturated heterocycles. The van der Waals surface area contributed by atoms with Crippen LogP contribution in [-0.2, 0) is 6.42 Å². The maximum atomic E-state index is 10.8. The topological polar surface area (TPSA) is 59.4 Å². The first kappa shape index (κ1) is 11.6. The fraction of sp³-hybridized carbons (Fsp3) is 0.167. The van der Waals surface area contributed by atoms with E-state index in [1.807, 2.05) is 12.1 Å². The van der Waals surface area contributed by atoms with Crippen LogP contribution in [0.2, 0.25) is 0 Å². The summed E-state index contributed by atoms with van der Waals surface area (Å²) in [6.45, 7) is 0.447. The van der Waals surface area contributed by atoms with Crippen molar-refractivity contribution in [1.82, 2.24) is 4.98 Å². The summed E-state index contributed by atoms with van der Waals surface area (Å²) in [5.74, 6) is -0.511. The van der Waals surface area contributed by atoms with Gasteiger partial charge in [0.05, 0.1) is 6.61 Å². The lowest BCUT2D eigenvalue weighted by molar-refractivity contribution is 0.0698. The minimum Gasteiger partial charge on any atom is -0.491 e. The van der Waals surface area contributed by atoms with Gasteiger partial charge < -0.3 is 9.84 Å². The molecule has 5 heteroatoms. The molecule has 2 aromatic heterocycles. The first-order valence-corrected chi connectivity index (χ1v) is 5.98. The Bertz CT molecular complexity index is 495. The molecule has 0 bridgehead atoms. The van der Waals surface area contributed by atoms with Crippen molar-refractivity contribution in [3.8, 4) is 5.75 Å². The zero-order valence-corrected chi connectivity index (χ0v) is 9.81. The summed E-state index contributed by atoms with van der Waals surface area (Å²) in [6, 6.07) is 5.50. The molecule has 0 unspecified atom stereocenters. The van der Waals surface area contributed by atoms with E-state index in [0.29, 0.717) is 18.8 Å². The van der Waals surface area contributed by atoms with E-state index in [1.165, 1.54) is 11.3 Å². The third-order valence-corrected chi connectivity index (χ3v) is 3.08. The van der Waals surface area contributed by atoms with Crippen molar-refractivity contribution >= 4 is 17.3 Å². The Hall–Kier alpha value is -1.88. The highest BCUT2D eigenvalue weighted by molar-refractivity contribution is 7.12. The van der Waals surface area contributed by atoms with Gasteiger partial charge in [0.1, 0.15) is 5.75 Å². The SMILES string of the molecule is O=C(O)c1sccc1OCCc1cccnc1. The number of carboxylic acid groups (broad SMARTS) is 1. The molecular formula is C12H11NO3S. The second-order valence-electron chi connectivity index (χ2n) is 3.38. The Morgan fingerprint density at radius 1 is 1.47 bits per heavy atom. The lowest BCUT2D eigenvalue weighted by Crippen LogP contribution is -2.04. The summed E-state index contributed by atoms with van der Waals surface area (Å²) < 4.78 is 5.44. The number of ether oxygens (including phenoxy) is 1. The highest BCUT2D eigenvalue weighted by Gasteiger charge is 2.12. The second kappa shape index (κ2) is 5.45. The van der Waals surface area contributed by atoms with Crippen molar-refractivity contribution < 1.29 is 14.6 Å². The van der Waals surface area contributed by atoms with E-state index < -0.39 is 5.97 Å². The number of pyridine rings is 1. The van der Waals surface area contributed by atoms with Gasteiger partial charge in [-0.05, 0) is 23.1 Å². The molecule has 0 saturated carbocycles. The zero-order valence-electron chi connectivity index (χ0n) is 9.00. The normalized spacial score (nSPS) is 10.1. The van der Waals surface area contributed by atoms with E-state index in [-0.39, 0.29) is 4.88 Å². The third kappa shape index (κ3) is 3.04. The van der Waals surface area contributed by atoms with Gasteiger partial charge in [-0.15, -0.1) is 11.3 Å². The van der Waals surface area contributed by atoms with Crippen LogP contribution in [0.4, 0.5) is 0 Å². The van der Waals surface area contributed by atoms with Gasteiger partial charge in [-0.3, -0.25) is 4.98 Å². The quantitative estimate of drug-likeness (QED) is 0.884. The molecule has 0 aliphatic carbocycles. The smallest absolute Gasteiger partial charge is 0.349 e. The number of carbonyl (C=O) groups is 1. The maximum absolute atomic E-state index is 10.8. The summed E-state index contributed by atoms with van der Waals surface area (Å²) in [4.78, 5) is 15.1. The summed E-state index contributed by atoms with van der Waals surface area (Å²) in [5, 5.41) is 10.6. The van der Waals surface area contributed by atoms with Crippen molar-refractivity contribution in [2.45, 2.75) is 6.42 Å². The predicted molar refractivity (Wildman–Crippen MR) is 64.7 cm³/mol. The van der Waals surface area contributed by atoms with Gasteiger partial charge in [-0.2, -0.15) is 0 Å². The van der Waals surface area contributed by atoms with Gasteiger partial charge in [0.15, 0.2) is 4.88 Å². The minimum absolute atomic E-state index is 0.246. The molecule has 0 aromatic carbocycles. The van der Waals surface area contributed by atoms with Crippen LogP contribution in [0, 0.1) is 0 Å². The third-order valence-electron chi connectivity index (χ3n) is 2.19. The summed E-state index contributed by atoms with van der Waals surface area (Å²) in [7, 11) is 0. The van der Waals surface area contributed by atoms with Crippen LogP contribution >= 0.6 is 11.3 Å². The molecule has 17 heavy (non-hydrogen) atoms. The van der Waals surface area contributed by atoms with Crippen molar-refractivity contribution in [1.29, 1.82) is 0 Å². The van der Waals surface area contributed by atoms with Crippen LogP contribution in [0.5, 0.6) is 5.75 Å². The van der Waals surface area contributed by atoms with Gasteiger partial charge >= 0.3 is 5.97 Å². The zero-order chi connectivity index (χ0) is 12.1. The Morgan fingerprint density at radius 2 is 2.35 bits per heavy atom. The van der Waals surface area contributed by atoms with Gasteiger partial charge in [0, 0.05) is 18.8 Å². The molecule has 0 fully saturated rings. The molecule has 4 nitrogen and oxygen atoms in total. The largest absolute Gasteiger partial charge is 0.491 e. The monoisotopic (exact) mass is 249 g/mol. The van der Waals surface area contributed by atoms with Crippen LogP contribution in [0.1, 0.15) is 15.2 Å². The van der Waals surface area contributed by atoms with Crippen LogP contribution in [0.15, 0.2) is 36.0 Å². The van der Waals surface area contributed by atoms with Crippen LogP contribution in [0.3, 0.4) is 0 Å². The number of rotatable bonds is 5. The Balaban J connectivity index is 1.90. The Morgan fingerprint density at radius 3 is 3.06 bits per heavy atom. The lowest BCUT2D eigenvalue weighted by Gasteiger charge is -2.04. The number of hydrogen-bond donors (Lipinski definition) is 1. The standard InChI is InChI=1S/C12H11NO3S/c14-12(15)11-10(4-7-17-11)16-6-3-9-2-1-5-13-8-9/h1-2,4-5,7-8H,3,6H2,(H,14,15). The van der Waals surface area contributed by atoms with E-state index in [1.54, 1.807) is 23.8 Å². The van der Waals surface area contributed by atoms with Gasteiger partial charge in [0.2, 0.25) is 0 Å². The molecule has 88 valence electrons. The fourth-order valence-corrected chi connectivity index (χ4v) is 2.06. The number of aromatic carboxylic acids is 1. The van der Waals surface area contributed by atoms with Gasteiger partial charge in [-0.1, -0.05) is 6.07 Å². The Kier molecular flexibility index (Phi) is 3.72. The average Bonchev–Trinajstić information content (AvgIpc) is 2.79. The summed E-state index contributed by atoms with van der Waals surface area (Å²) in [5.41, 5.74) is 1.07. The first-order valence-electron chi connectivity index (χ1n) is 5.10. The second-order valence-corrected chi connectivity index (χ2v) is 4.29. The van der Waals surface area contributed by atoms with Crippen molar-refractivity contribution in [2.24, 2.45) is 0 Å². The van der Waals surface area contributed by atoms with Crippen LogP contribution < -0.4 is 4.74 Å². The first-order chi connectivity index (χ1) is 8.27. The van der Waals surface area contributed by atoms with E-state index in [4.69, 9.17) is 9.84 Å². The van der Waals surface area contributed by atoms with E-state index in [0.717, 1.165) is 5.56 Å². The van der Waals surface area contributed by atoms with E-state index in [9.17, 15) is 4.79 Å². The van der Waals surface area contributed by atoms with Crippen molar-refractivity contribution in [2.75, 3.05) is 6.61 Å². The number of thiophene rings is 1. The fourth-order valence-electron chi connectivity index (χ4n) is 1.39. The summed E-state index contributed by atoms with van der Waals surface area (Å²) in [6.07, 6.45) is 4.20. The van der Waals surface area contributed by atoms with E-state index in [2.05, 4.69) is 4.98 Å². The molecule has 0 radical (unpaired) electrons. The number of carboxylic acids is 1. The van der Waals surface area contributed by atoms with Gasteiger partial charge in [0.25, 0.3) is 0 Å². The highest BCUT2D eigenvalue weighted by atomic mass is 32.1. The molecule has 2 aromatic rings. The lowest BCUT2D eigenvalue weighted by atomic mass is 10.2. The Labute approximate surface area is 103 Å². The number of aromatic nitrogens is 1. The molecule has 0 spiro atoms. The molecule has 2 rings (SSSR count). The van der Waals surface area contributed by atoms with Crippen LogP contribution in [-0.4, -0.2) is 22.7 Å². The molecular weight excluding hydrogens is 238 g/mol. The molecule has 1 N–H and O–H groups in total. The number of hydrogen-bond acceptors (Lipinski definition) is 4. The van der Waals surface area contributed by atoms with Crippen LogP contribution in [0.25, 0.3) is 0 Å². The average molecular weight is 249 g/mol. The number of nitrogens with zero attached hydrogens (tertiary/aromatic N) is 1. The molecule has 2 heterocycles. The highest BCUT2D eigenvalue weighted by Crippen LogP contribution is 2.24. The van der Waals surface area contributed by atoms with Gasteiger partial charge in [-0.25, -0.2) is 4.79 Å².